The van der Waals surface area contributed by atoms with E-state index in [4.69, 9.17) is 11.6 Å². The fraction of sp³-hybridized carbons (Fsp3) is 1.00. The van der Waals surface area contributed by atoms with Crippen molar-refractivity contribution in [2.24, 2.45) is 0 Å². The van der Waals surface area contributed by atoms with Crippen molar-refractivity contribution in [2.75, 3.05) is 0 Å². The largest absolute Gasteiger partial charge is 0.246 e. The van der Waals surface area contributed by atoms with Gasteiger partial charge in [0.05, 0.1) is 5.38 Å². The number of rotatable bonds is 2. The SMILES string of the molecule is CCC(F)C(C)Cl. The van der Waals surface area contributed by atoms with Gasteiger partial charge in [-0.05, 0) is 13.3 Å². The Labute approximate surface area is 48.7 Å². The molecule has 0 aromatic carbocycles. The first-order chi connectivity index (χ1) is 3.18. The van der Waals surface area contributed by atoms with E-state index in [1.165, 1.54) is 0 Å². The summed E-state index contributed by atoms with van der Waals surface area (Å²) in [6, 6.07) is 0. The van der Waals surface area contributed by atoms with Crippen LogP contribution in [-0.2, 0) is 0 Å². The molecule has 2 unspecified atom stereocenters. The molecule has 0 heterocycles. The standard InChI is InChI=1S/C5H10ClF/c1-3-5(7)4(2)6/h4-5H,3H2,1-2H3. The van der Waals surface area contributed by atoms with Crippen LogP contribution in [0.15, 0.2) is 0 Å². The summed E-state index contributed by atoms with van der Waals surface area (Å²) in [5.74, 6) is 0. The van der Waals surface area contributed by atoms with Gasteiger partial charge in [0.15, 0.2) is 0 Å². The molecule has 2 atom stereocenters. The van der Waals surface area contributed by atoms with Crippen molar-refractivity contribution in [1.29, 1.82) is 0 Å². The molecule has 0 spiro atoms. The minimum atomic E-state index is -0.832. The zero-order chi connectivity index (χ0) is 5.86. The van der Waals surface area contributed by atoms with Gasteiger partial charge >= 0.3 is 0 Å². The molecule has 0 nitrogen and oxygen atoms in total. The monoisotopic (exact) mass is 124 g/mol. The molecule has 44 valence electrons. The number of halogens is 2. The summed E-state index contributed by atoms with van der Waals surface area (Å²) in [7, 11) is 0. The molecule has 0 radical (unpaired) electrons. The van der Waals surface area contributed by atoms with Gasteiger partial charge in [-0.2, -0.15) is 0 Å². The molecule has 0 aromatic rings. The van der Waals surface area contributed by atoms with Crippen LogP contribution in [0.25, 0.3) is 0 Å². The Morgan fingerprint density at radius 1 is 1.71 bits per heavy atom. The van der Waals surface area contributed by atoms with E-state index < -0.39 is 6.17 Å². The molecule has 0 saturated heterocycles. The molecular weight excluding hydrogens is 115 g/mol. The molecule has 0 aliphatic rings. The van der Waals surface area contributed by atoms with Gasteiger partial charge < -0.3 is 0 Å². The lowest BCUT2D eigenvalue weighted by molar-refractivity contribution is 0.320. The Kier molecular flexibility index (Phi) is 3.35. The molecule has 7 heavy (non-hydrogen) atoms. The van der Waals surface area contributed by atoms with Crippen LogP contribution >= 0.6 is 11.6 Å². The predicted molar refractivity (Wildman–Crippen MR) is 30.5 cm³/mol. The van der Waals surface area contributed by atoms with Gasteiger partial charge in [0.25, 0.3) is 0 Å². The highest BCUT2D eigenvalue weighted by Gasteiger charge is 2.08. The van der Waals surface area contributed by atoms with Crippen LogP contribution in [0.1, 0.15) is 20.3 Å². The fourth-order valence-electron chi connectivity index (χ4n) is 0.325. The van der Waals surface area contributed by atoms with Crippen molar-refractivity contribution in [3.63, 3.8) is 0 Å². The van der Waals surface area contributed by atoms with E-state index in [2.05, 4.69) is 0 Å². The summed E-state index contributed by atoms with van der Waals surface area (Å²) in [5, 5.41) is -0.329. The average Bonchev–Trinajstić information content (AvgIpc) is 1.65. The van der Waals surface area contributed by atoms with Gasteiger partial charge in [-0.15, -0.1) is 11.6 Å². The number of hydrogen-bond donors (Lipinski definition) is 0. The molecule has 0 aliphatic carbocycles. The van der Waals surface area contributed by atoms with Gasteiger partial charge in [0, 0.05) is 0 Å². The van der Waals surface area contributed by atoms with Crippen LogP contribution in [0.3, 0.4) is 0 Å². The fourth-order valence-corrected chi connectivity index (χ4v) is 0.503. The van der Waals surface area contributed by atoms with E-state index >= 15 is 0 Å². The molecule has 0 bridgehead atoms. The van der Waals surface area contributed by atoms with Crippen LogP contribution in [0, 0.1) is 0 Å². The van der Waals surface area contributed by atoms with Crippen LogP contribution < -0.4 is 0 Å². The maximum atomic E-state index is 12.1. The Morgan fingerprint density at radius 3 is 2.14 bits per heavy atom. The first kappa shape index (κ1) is 7.22. The Bertz CT molecular complexity index is 45.3. The topological polar surface area (TPSA) is 0 Å². The highest BCUT2D eigenvalue weighted by Crippen LogP contribution is 2.08. The third-order valence-corrected chi connectivity index (χ3v) is 1.16. The molecule has 0 saturated carbocycles. The molecular formula is C5H10ClF. The summed E-state index contributed by atoms with van der Waals surface area (Å²) in [6.45, 7) is 3.44. The minimum Gasteiger partial charge on any atom is -0.246 e. The van der Waals surface area contributed by atoms with Crippen LogP contribution in [0.2, 0.25) is 0 Å². The van der Waals surface area contributed by atoms with Crippen molar-refractivity contribution in [3.05, 3.63) is 0 Å². The van der Waals surface area contributed by atoms with Crippen molar-refractivity contribution in [2.45, 2.75) is 31.8 Å². The summed E-state index contributed by atoms with van der Waals surface area (Å²) in [6.07, 6.45) is -0.313. The molecule has 0 aliphatic heterocycles. The van der Waals surface area contributed by atoms with Crippen molar-refractivity contribution in [3.8, 4) is 0 Å². The van der Waals surface area contributed by atoms with E-state index in [1.807, 2.05) is 0 Å². The summed E-state index contributed by atoms with van der Waals surface area (Å²) < 4.78 is 12.1. The molecule has 0 N–H and O–H groups in total. The highest BCUT2D eigenvalue weighted by molar-refractivity contribution is 6.20. The van der Waals surface area contributed by atoms with E-state index in [-0.39, 0.29) is 5.38 Å². The van der Waals surface area contributed by atoms with Crippen molar-refractivity contribution in [1.82, 2.24) is 0 Å². The number of alkyl halides is 2. The molecule has 0 rings (SSSR count). The van der Waals surface area contributed by atoms with Crippen LogP contribution in [0.4, 0.5) is 4.39 Å². The smallest absolute Gasteiger partial charge is 0.116 e. The lowest BCUT2D eigenvalue weighted by Crippen LogP contribution is -2.09. The van der Waals surface area contributed by atoms with Crippen LogP contribution in [0.5, 0.6) is 0 Å². The summed E-state index contributed by atoms with van der Waals surface area (Å²) >= 11 is 5.35. The second-order valence-corrected chi connectivity index (χ2v) is 2.29. The van der Waals surface area contributed by atoms with Gasteiger partial charge in [-0.1, -0.05) is 6.92 Å². The quantitative estimate of drug-likeness (QED) is 0.496. The lowest BCUT2D eigenvalue weighted by atomic mass is 10.2. The van der Waals surface area contributed by atoms with Gasteiger partial charge in [-0.25, -0.2) is 4.39 Å². The van der Waals surface area contributed by atoms with Gasteiger partial charge in [-0.3, -0.25) is 0 Å². The van der Waals surface area contributed by atoms with Crippen molar-refractivity contribution >= 4 is 11.6 Å². The van der Waals surface area contributed by atoms with E-state index in [1.54, 1.807) is 13.8 Å². The first-order valence-electron chi connectivity index (χ1n) is 2.46. The highest BCUT2D eigenvalue weighted by atomic mass is 35.5. The average molecular weight is 125 g/mol. The Balaban J connectivity index is 3.14. The minimum absolute atomic E-state index is 0.329. The normalized spacial score (nSPS) is 18.9. The first-order valence-corrected chi connectivity index (χ1v) is 2.90. The Hall–Kier alpha value is 0.220. The summed E-state index contributed by atoms with van der Waals surface area (Å²) in [5.41, 5.74) is 0. The molecule has 0 fully saturated rings. The maximum absolute atomic E-state index is 12.1. The van der Waals surface area contributed by atoms with E-state index in [0.29, 0.717) is 6.42 Å². The molecule has 0 amide bonds. The predicted octanol–water partition coefficient (Wildman–Crippen LogP) is 2.36. The van der Waals surface area contributed by atoms with Crippen LogP contribution in [-0.4, -0.2) is 11.5 Å². The second kappa shape index (κ2) is 3.25. The van der Waals surface area contributed by atoms with Gasteiger partial charge in [0.1, 0.15) is 6.17 Å². The molecule has 2 heteroatoms. The lowest BCUT2D eigenvalue weighted by Gasteiger charge is -2.04. The van der Waals surface area contributed by atoms with Gasteiger partial charge in [0.2, 0.25) is 0 Å². The molecule has 0 aromatic heterocycles. The second-order valence-electron chi connectivity index (χ2n) is 1.60. The number of hydrogen-bond acceptors (Lipinski definition) is 0. The third-order valence-electron chi connectivity index (χ3n) is 0.888. The summed E-state index contributed by atoms with van der Waals surface area (Å²) in [4.78, 5) is 0. The van der Waals surface area contributed by atoms with Crippen molar-refractivity contribution < 1.29 is 4.39 Å². The maximum Gasteiger partial charge on any atom is 0.116 e. The third kappa shape index (κ3) is 2.86. The Morgan fingerprint density at radius 2 is 2.14 bits per heavy atom. The zero-order valence-corrected chi connectivity index (χ0v) is 5.37. The van der Waals surface area contributed by atoms with E-state index in [9.17, 15) is 4.39 Å². The zero-order valence-electron chi connectivity index (χ0n) is 4.62. The van der Waals surface area contributed by atoms with E-state index in [0.717, 1.165) is 0 Å².